The average molecular weight is 451 g/mol. The molecule has 2 aromatic carbocycles. The molecule has 0 amide bonds. The van der Waals surface area contributed by atoms with E-state index in [4.69, 9.17) is 0 Å². The standard InChI is InChI=1S/C21H25Br2N/c1-20(2,3)12-8-9-16-13(10-12)14-11-15(21(4,5)6)17(22)18(23)19(14)24(16)7/h8-11H,1-7H3. The van der Waals surface area contributed by atoms with Crippen LogP contribution in [0.4, 0.5) is 0 Å². The fourth-order valence-electron chi connectivity index (χ4n) is 3.33. The SMILES string of the molecule is Cn1c2ccc(C(C)(C)C)cc2c2cc(C(C)(C)C)c(Br)c(Br)c21. The van der Waals surface area contributed by atoms with Gasteiger partial charge < -0.3 is 4.57 Å². The summed E-state index contributed by atoms with van der Waals surface area (Å²) in [6.45, 7) is 13.6. The molecule has 3 rings (SSSR count). The van der Waals surface area contributed by atoms with Gasteiger partial charge in [0.25, 0.3) is 0 Å². The molecule has 0 radical (unpaired) electrons. The van der Waals surface area contributed by atoms with E-state index < -0.39 is 0 Å². The molecule has 3 aromatic rings. The van der Waals surface area contributed by atoms with Gasteiger partial charge in [0.1, 0.15) is 0 Å². The zero-order chi connectivity index (χ0) is 18.0. The van der Waals surface area contributed by atoms with Gasteiger partial charge in [0, 0.05) is 27.8 Å². The third-order valence-corrected chi connectivity index (χ3v) is 6.97. The number of nitrogens with zero attached hydrogens (tertiary/aromatic N) is 1. The fraction of sp³-hybridized carbons (Fsp3) is 0.429. The maximum Gasteiger partial charge on any atom is 0.0644 e. The van der Waals surface area contributed by atoms with Crippen molar-refractivity contribution in [2.75, 3.05) is 0 Å². The lowest BCUT2D eigenvalue weighted by atomic mass is 9.85. The number of aromatic nitrogens is 1. The van der Waals surface area contributed by atoms with Crippen molar-refractivity contribution in [3.05, 3.63) is 44.3 Å². The first-order valence-electron chi connectivity index (χ1n) is 8.34. The summed E-state index contributed by atoms with van der Waals surface area (Å²) in [4.78, 5) is 0. The number of benzene rings is 2. The molecule has 0 N–H and O–H groups in total. The Kier molecular flexibility index (Phi) is 4.20. The Balaban J connectivity index is 2.50. The van der Waals surface area contributed by atoms with E-state index in [0.717, 1.165) is 8.95 Å². The van der Waals surface area contributed by atoms with Crippen molar-refractivity contribution in [3.8, 4) is 0 Å². The van der Waals surface area contributed by atoms with Crippen LogP contribution in [0.15, 0.2) is 33.2 Å². The van der Waals surface area contributed by atoms with Crippen LogP contribution < -0.4 is 0 Å². The van der Waals surface area contributed by atoms with E-state index in [1.54, 1.807) is 0 Å². The molecule has 0 aliphatic carbocycles. The minimum atomic E-state index is 0.0827. The highest BCUT2D eigenvalue weighted by Crippen LogP contribution is 2.43. The first kappa shape index (κ1) is 18.0. The molecule has 0 aliphatic heterocycles. The largest absolute Gasteiger partial charge is 0.343 e. The molecule has 0 spiro atoms. The van der Waals surface area contributed by atoms with Gasteiger partial charge in [-0.05, 0) is 72.0 Å². The summed E-state index contributed by atoms with van der Waals surface area (Å²) in [6, 6.07) is 9.24. The molecule has 3 heteroatoms. The normalized spacial score (nSPS) is 13.2. The molecule has 1 heterocycles. The lowest BCUT2D eigenvalue weighted by Gasteiger charge is -2.22. The Hall–Kier alpha value is -0.800. The zero-order valence-corrected chi connectivity index (χ0v) is 18.7. The molecule has 1 nitrogen and oxygen atoms in total. The smallest absolute Gasteiger partial charge is 0.0644 e. The summed E-state index contributed by atoms with van der Waals surface area (Å²) in [5.74, 6) is 0. The number of rotatable bonds is 0. The Morgan fingerprint density at radius 1 is 0.792 bits per heavy atom. The van der Waals surface area contributed by atoms with Crippen LogP contribution in [0, 0.1) is 0 Å². The second-order valence-corrected chi connectivity index (χ2v) is 10.3. The fourth-order valence-corrected chi connectivity index (χ4v) is 4.92. The summed E-state index contributed by atoms with van der Waals surface area (Å²) < 4.78 is 4.59. The van der Waals surface area contributed by atoms with Crippen LogP contribution >= 0.6 is 31.9 Å². The lowest BCUT2D eigenvalue weighted by Crippen LogP contribution is -2.12. The van der Waals surface area contributed by atoms with Gasteiger partial charge in [0.2, 0.25) is 0 Å². The lowest BCUT2D eigenvalue weighted by molar-refractivity contribution is 0.587. The van der Waals surface area contributed by atoms with E-state index in [0.29, 0.717) is 0 Å². The summed E-state index contributed by atoms with van der Waals surface area (Å²) in [6.07, 6.45) is 0. The zero-order valence-electron chi connectivity index (χ0n) is 15.5. The van der Waals surface area contributed by atoms with Crippen molar-refractivity contribution >= 4 is 53.7 Å². The van der Waals surface area contributed by atoms with Crippen LogP contribution in [-0.2, 0) is 17.9 Å². The Morgan fingerprint density at radius 2 is 1.42 bits per heavy atom. The first-order chi connectivity index (χ1) is 10.9. The Bertz CT molecular complexity index is 950. The molecule has 128 valence electrons. The second-order valence-electron chi connectivity index (χ2n) is 8.74. The summed E-state index contributed by atoms with van der Waals surface area (Å²) >= 11 is 7.66. The van der Waals surface area contributed by atoms with Crippen molar-refractivity contribution < 1.29 is 0 Å². The molecular weight excluding hydrogens is 426 g/mol. The van der Waals surface area contributed by atoms with Crippen LogP contribution in [0.25, 0.3) is 21.8 Å². The average Bonchev–Trinajstić information content (AvgIpc) is 2.73. The molecule has 0 bridgehead atoms. The third kappa shape index (κ3) is 2.74. The topological polar surface area (TPSA) is 4.93 Å². The van der Waals surface area contributed by atoms with Crippen molar-refractivity contribution in [3.63, 3.8) is 0 Å². The first-order valence-corrected chi connectivity index (χ1v) is 9.92. The van der Waals surface area contributed by atoms with Gasteiger partial charge in [0.05, 0.1) is 9.99 Å². The quantitative estimate of drug-likeness (QED) is 0.335. The minimum absolute atomic E-state index is 0.0827. The van der Waals surface area contributed by atoms with Crippen LogP contribution in [-0.4, -0.2) is 4.57 Å². The number of hydrogen-bond acceptors (Lipinski definition) is 0. The van der Waals surface area contributed by atoms with Crippen molar-refractivity contribution in [1.29, 1.82) is 0 Å². The number of aryl methyl sites for hydroxylation is 1. The number of fused-ring (bicyclic) bond motifs is 3. The summed E-state index contributed by atoms with van der Waals surface area (Å²) in [5.41, 5.74) is 5.46. The van der Waals surface area contributed by atoms with E-state index in [1.807, 2.05) is 0 Å². The van der Waals surface area contributed by atoms with E-state index >= 15 is 0 Å². The molecule has 0 atom stereocenters. The molecule has 0 saturated heterocycles. The van der Waals surface area contributed by atoms with E-state index in [1.165, 1.54) is 32.9 Å². The molecule has 0 aliphatic rings. The van der Waals surface area contributed by atoms with Gasteiger partial charge in [0.15, 0.2) is 0 Å². The van der Waals surface area contributed by atoms with Gasteiger partial charge in [-0.25, -0.2) is 0 Å². The highest BCUT2D eigenvalue weighted by molar-refractivity contribution is 9.13. The monoisotopic (exact) mass is 449 g/mol. The molecule has 1 aromatic heterocycles. The summed E-state index contributed by atoms with van der Waals surface area (Å²) in [7, 11) is 2.15. The maximum absolute atomic E-state index is 3.84. The van der Waals surface area contributed by atoms with Gasteiger partial charge in [-0.2, -0.15) is 0 Å². The van der Waals surface area contributed by atoms with E-state index in [-0.39, 0.29) is 10.8 Å². The second kappa shape index (κ2) is 5.60. The minimum Gasteiger partial charge on any atom is -0.343 e. The number of hydrogen-bond donors (Lipinski definition) is 0. The van der Waals surface area contributed by atoms with Gasteiger partial charge >= 0.3 is 0 Å². The van der Waals surface area contributed by atoms with Crippen LogP contribution in [0.1, 0.15) is 52.7 Å². The van der Waals surface area contributed by atoms with Crippen LogP contribution in [0.3, 0.4) is 0 Å². The Labute approximate surface area is 161 Å². The third-order valence-electron chi connectivity index (χ3n) is 4.84. The van der Waals surface area contributed by atoms with Crippen molar-refractivity contribution in [2.45, 2.75) is 52.4 Å². The molecule has 0 fully saturated rings. The summed E-state index contributed by atoms with van der Waals surface area (Å²) in [5, 5.41) is 2.65. The Morgan fingerprint density at radius 3 is 1.96 bits per heavy atom. The van der Waals surface area contributed by atoms with Gasteiger partial charge in [-0.1, -0.05) is 47.6 Å². The van der Waals surface area contributed by atoms with E-state index in [2.05, 4.69) is 109 Å². The highest BCUT2D eigenvalue weighted by Gasteiger charge is 2.24. The van der Waals surface area contributed by atoms with Gasteiger partial charge in [-0.15, -0.1) is 0 Å². The van der Waals surface area contributed by atoms with Gasteiger partial charge in [-0.3, -0.25) is 0 Å². The van der Waals surface area contributed by atoms with Crippen LogP contribution in [0.2, 0.25) is 0 Å². The van der Waals surface area contributed by atoms with Crippen molar-refractivity contribution in [1.82, 2.24) is 4.57 Å². The molecule has 0 saturated carbocycles. The molecule has 0 unspecified atom stereocenters. The van der Waals surface area contributed by atoms with E-state index in [9.17, 15) is 0 Å². The molecule has 24 heavy (non-hydrogen) atoms. The highest BCUT2D eigenvalue weighted by atomic mass is 79.9. The predicted octanol–water partition coefficient (Wildman–Crippen LogP) is 7.45. The molecular formula is C21H25Br2N. The predicted molar refractivity (Wildman–Crippen MR) is 113 cm³/mol. The van der Waals surface area contributed by atoms with Crippen LogP contribution in [0.5, 0.6) is 0 Å². The maximum atomic E-state index is 3.84. The number of halogens is 2. The van der Waals surface area contributed by atoms with Crippen molar-refractivity contribution in [2.24, 2.45) is 7.05 Å².